The Morgan fingerprint density at radius 3 is 2.76 bits per heavy atom. The summed E-state index contributed by atoms with van der Waals surface area (Å²) in [5.74, 6) is 1.24. The number of anilines is 2. The number of rotatable bonds is 4. The fourth-order valence-corrected chi connectivity index (χ4v) is 6.07. The van der Waals surface area contributed by atoms with Gasteiger partial charge >= 0.3 is 0 Å². The first-order chi connectivity index (χ1) is 15.8. The smallest absolute Gasteiger partial charge is 0.239 e. The third-order valence-electron chi connectivity index (χ3n) is 6.64. The first kappa shape index (κ1) is 20.6. The Hall–Kier alpha value is -2.99. The quantitative estimate of drug-likeness (QED) is 0.603. The zero-order valence-corrected chi connectivity index (χ0v) is 19.0. The van der Waals surface area contributed by atoms with Crippen molar-refractivity contribution >= 4 is 32.6 Å². The van der Waals surface area contributed by atoms with Crippen LogP contribution in [0.3, 0.4) is 0 Å². The number of fused-ring (bicyclic) bond motifs is 4. The summed E-state index contributed by atoms with van der Waals surface area (Å²) in [6.45, 7) is 2.02. The SMILES string of the molecule is CNc1nc2cc(F)ccc2n1-c1nc2c(c(C3(S(C)(=O)=O)CC3)n1)OCC1COCCN21. The lowest BCUT2D eigenvalue weighted by molar-refractivity contribution is 0.0692. The Kier molecular flexibility index (Phi) is 4.37. The highest BCUT2D eigenvalue weighted by atomic mass is 32.2. The third-order valence-corrected chi connectivity index (χ3v) is 8.66. The molecule has 1 aromatic carbocycles. The van der Waals surface area contributed by atoms with Gasteiger partial charge in [0.2, 0.25) is 11.9 Å². The highest BCUT2D eigenvalue weighted by Crippen LogP contribution is 2.56. The summed E-state index contributed by atoms with van der Waals surface area (Å²) < 4.78 is 51.8. The van der Waals surface area contributed by atoms with Crippen molar-refractivity contribution in [3.05, 3.63) is 29.7 Å². The molecule has 4 heterocycles. The number of nitrogens with one attached hydrogen (secondary N) is 1. The molecule has 33 heavy (non-hydrogen) atoms. The predicted molar refractivity (Wildman–Crippen MR) is 119 cm³/mol. The summed E-state index contributed by atoms with van der Waals surface area (Å²) in [6.07, 6.45) is 2.18. The molecule has 0 bridgehead atoms. The molecule has 2 fully saturated rings. The Morgan fingerprint density at radius 1 is 1.21 bits per heavy atom. The second kappa shape index (κ2) is 7.00. The predicted octanol–water partition coefficient (Wildman–Crippen LogP) is 1.63. The number of halogens is 1. The molecule has 0 spiro atoms. The Balaban J connectivity index is 1.64. The van der Waals surface area contributed by atoms with Crippen LogP contribution in [0.5, 0.6) is 5.75 Å². The van der Waals surface area contributed by atoms with Crippen molar-refractivity contribution in [1.82, 2.24) is 19.5 Å². The van der Waals surface area contributed by atoms with E-state index in [0.717, 1.165) is 0 Å². The van der Waals surface area contributed by atoms with Crippen molar-refractivity contribution in [3.8, 4) is 11.7 Å². The van der Waals surface area contributed by atoms with E-state index in [-0.39, 0.29) is 12.0 Å². The lowest BCUT2D eigenvalue weighted by Gasteiger charge is -2.41. The van der Waals surface area contributed by atoms with E-state index >= 15 is 0 Å². The maximum atomic E-state index is 13.9. The average Bonchev–Trinajstić information content (AvgIpc) is 3.54. The minimum Gasteiger partial charge on any atom is -0.486 e. The highest BCUT2D eigenvalue weighted by molar-refractivity contribution is 7.92. The molecule has 6 rings (SSSR count). The van der Waals surface area contributed by atoms with Crippen LogP contribution in [-0.4, -0.2) is 73.6 Å². The lowest BCUT2D eigenvalue weighted by atomic mass is 10.1. The molecule has 1 aliphatic carbocycles. The topological polar surface area (TPSA) is 111 Å². The number of ether oxygens (including phenoxy) is 2. The molecule has 0 amide bonds. The van der Waals surface area contributed by atoms with Crippen LogP contribution in [0.4, 0.5) is 16.2 Å². The molecular formula is C21H23FN6O4S. The summed E-state index contributed by atoms with van der Waals surface area (Å²) in [7, 11) is -1.76. The molecule has 0 radical (unpaired) electrons. The Bertz CT molecular complexity index is 1390. The van der Waals surface area contributed by atoms with Gasteiger partial charge in [-0.25, -0.2) is 27.3 Å². The van der Waals surface area contributed by atoms with Crippen molar-refractivity contribution < 1.29 is 22.3 Å². The summed E-state index contributed by atoms with van der Waals surface area (Å²) in [5, 5.41) is 3.01. The zero-order valence-electron chi connectivity index (χ0n) is 18.2. The molecular weight excluding hydrogens is 451 g/mol. The average molecular weight is 475 g/mol. The van der Waals surface area contributed by atoms with E-state index in [9.17, 15) is 12.8 Å². The molecule has 1 unspecified atom stereocenters. The van der Waals surface area contributed by atoms with Gasteiger partial charge in [0.15, 0.2) is 21.4 Å². The van der Waals surface area contributed by atoms with Gasteiger partial charge in [0.1, 0.15) is 22.9 Å². The minimum absolute atomic E-state index is 0.0207. The fraction of sp³-hybridized carbons (Fsp3) is 0.476. The van der Waals surface area contributed by atoms with E-state index in [1.54, 1.807) is 17.7 Å². The molecule has 1 atom stereocenters. The normalized spacial score (nSPS) is 21.3. The first-order valence-electron chi connectivity index (χ1n) is 10.8. The molecule has 174 valence electrons. The van der Waals surface area contributed by atoms with E-state index in [1.165, 1.54) is 18.4 Å². The monoisotopic (exact) mass is 474 g/mol. The molecule has 1 saturated carbocycles. The molecule has 2 aliphatic heterocycles. The second-order valence-corrected chi connectivity index (χ2v) is 11.0. The fourth-order valence-electron chi connectivity index (χ4n) is 4.74. The number of hydrogen-bond donors (Lipinski definition) is 1. The van der Waals surface area contributed by atoms with Gasteiger partial charge in [-0.3, -0.25) is 0 Å². The van der Waals surface area contributed by atoms with Crippen LogP contribution in [0.15, 0.2) is 18.2 Å². The summed E-state index contributed by atoms with van der Waals surface area (Å²) in [4.78, 5) is 16.2. The number of morpholine rings is 1. The number of aromatic nitrogens is 4. The maximum Gasteiger partial charge on any atom is 0.239 e. The summed E-state index contributed by atoms with van der Waals surface area (Å²) >= 11 is 0. The van der Waals surface area contributed by atoms with Gasteiger partial charge in [0.05, 0.1) is 30.3 Å². The van der Waals surface area contributed by atoms with Crippen LogP contribution in [0.25, 0.3) is 17.0 Å². The van der Waals surface area contributed by atoms with E-state index < -0.39 is 20.4 Å². The molecule has 2 aromatic heterocycles. The van der Waals surface area contributed by atoms with Crippen LogP contribution in [-0.2, 0) is 19.3 Å². The number of hydrogen-bond acceptors (Lipinski definition) is 9. The van der Waals surface area contributed by atoms with E-state index in [0.29, 0.717) is 73.5 Å². The number of benzene rings is 1. The molecule has 10 nitrogen and oxygen atoms in total. The number of imidazole rings is 1. The first-order valence-corrected chi connectivity index (χ1v) is 12.7. The molecule has 3 aliphatic rings. The standard InChI is InChI=1S/C21H23FN6O4S/c1-23-19-24-14-9-12(22)3-4-15(14)28(19)20-25-17(21(5-6-21)33(2,29)30)16-18(26-20)27-7-8-31-10-13(27)11-32-16/h3-4,9,13H,5-8,10-11H2,1-2H3,(H,23,24). The Morgan fingerprint density at radius 2 is 2.03 bits per heavy atom. The van der Waals surface area contributed by atoms with Gasteiger partial charge in [-0.1, -0.05) is 0 Å². The van der Waals surface area contributed by atoms with Gasteiger partial charge in [-0.05, 0) is 25.0 Å². The summed E-state index contributed by atoms with van der Waals surface area (Å²) in [5.41, 5.74) is 1.42. The molecule has 1 N–H and O–H groups in total. The van der Waals surface area contributed by atoms with Gasteiger partial charge in [0, 0.05) is 25.9 Å². The highest BCUT2D eigenvalue weighted by Gasteiger charge is 2.58. The van der Waals surface area contributed by atoms with Crippen molar-refractivity contribution in [1.29, 1.82) is 0 Å². The van der Waals surface area contributed by atoms with Crippen molar-refractivity contribution in [2.75, 3.05) is 49.9 Å². The van der Waals surface area contributed by atoms with Crippen LogP contribution in [0, 0.1) is 5.82 Å². The number of nitrogens with zero attached hydrogens (tertiary/aromatic N) is 5. The maximum absolute atomic E-state index is 13.9. The number of sulfone groups is 1. The van der Waals surface area contributed by atoms with E-state index in [4.69, 9.17) is 19.4 Å². The molecule has 12 heteroatoms. The van der Waals surface area contributed by atoms with Gasteiger partial charge in [0.25, 0.3) is 0 Å². The van der Waals surface area contributed by atoms with Crippen LogP contribution < -0.4 is 15.0 Å². The van der Waals surface area contributed by atoms with Crippen LogP contribution >= 0.6 is 0 Å². The van der Waals surface area contributed by atoms with Crippen LogP contribution in [0.1, 0.15) is 18.5 Å². The largest absolute Gasteiger partial charge is 0.486 e. The molecule has 1 saturated heterocycles. The Labute approximate surface area is 189 Å². The third kappa shape index (κ3) is 3.00. The lowest BCUT2D eigenvalue weighted by Crippen LogP contribution is -2.52. The minimum atomic E-state index is -3.46. The van der Waals surface area contributed by atoms with Gasteiger partial charge in [-0.15, -0.1) is 0 Å². The zero-order chi connectivity index (χ0) is 23.0. The van der Waals surface area contributed by atoms with Gasteiger partial charge in [-0.2, -0.15) is 4.98 Å². The van der Waals surface area contributed by atoms with E-state index in [1.807, 2.05) is 0 Å². The van der Waals surface area contributed by atoms with E-state index in [2.05, 4.69) is 15.2 Å². The van der Waals surface area contributed by atoms with Crippen LogP contribution in [0.2, 0.25) is 0 Å². The molecule has 3 aromatic rings. The van der Waals surface area contributed by atoms with Crippen molar-refractivity contribution in [2.45, 2.75) is 23.6 Å². The van der Waals surface area contributed by atoms with Crippen molar-refractivity contribution in [2.24, 2.45) is 0 Å². The van der Waals surface area contributed by atoms with Crippen molar-refractivity contribution in [3.63, 3.8) is 0 Å². The van der Waals surface area contributed by atoms with Gasteiger partial charge < -0.3 is 19.7 Å². The summed E-state index contributed by atoms with van der Waals surface area (Å²) in [6, 6.07) is 4.27. The second-order valence-electron chi connectivity index (χ2n) is 8.68.